The second-order valence-electron chi connectivity index (χ2n) is 6.39. The number of carboxylic acid groups (broad SMARTS) is 1. The molecule has 0 radical (unpaired) electrons. The van der Waals surface area contributed by atoms with Crippen molar-refractivity contribution >= 4 is 17.8 Å². The SMILES string of the molecule is CC(NC(=O)C(CCCCN)NC(=O)C(N)Cc1ccc(O)cc1)C(=O)O. The lowest BCUT2D eigenvalue weighted by Crippen LogP contribution is -2.54. The van der Waals surface area contributed by atoms with Crippen LogP contribution in [0.3, 0.4) is 0 Å². The van der Waals surface area contributed by atoms with Crippen molar-refractivity contribution in [3.8, 4) is 5.75 Å². The fraction of sp³-hybridized carbons (Fsp3) is 0.500. The Bertz CT molecular complexity index is 635. The van der Waals surface area contributed by atoms with Crippen molar-refractivity contribution in [2.24, 2.45) is 11.5 Å². The molecule has 0 saturated heterocycles. The Morgan fingerprint density at radius 1 is 1.07 bits per heavy atom. The zero-order valence-corrected chi connectivity index (χ0v) is 15.4. The number of carboxylic acids is 1. The second kappa shape index (κ2) is 11.1. The molecule has 0 aliphatic heterocycles. The summed E-state index contributed by atoms with van der Waals surface area (Å²) >= 11 is 0. The first kappa shape index (κ1) is 22.4. The normalized spacial score (nSPS) is 14.0. The van der Waals surface area contributed by atoms with Crippen molar-refractivity contribution in [3.63, 3.8) is 0 Å². The molecule has 1 rings (SSSR count). The number of phenolic OH excluding ortho intramolecular Hbond substituents is 1. The molecule has 0 fully saturated rings. The number of aromatic hydroxyl groups is 1. The Kier molecular flexibility index (Phi) is 9.24. The van der Waals surface area contributed by atoms with Gasteiger partial charge in [0.1, 0.15) is 17.8 Å². The molecule has 0 aromatic heterocycles. The number of amides is 2. The van der Waals surface area contributed by atoms with Gasteiger partial charge in [-0.3, -0.25) is 14.4 Å². The topological polar surface area (TPSA) is 168 Å². The number of nitrogens with one attached hydrogen (secondary N) is 2. The van der Waals surface area contributed by atoms with E-state index in [1.54, 1.807) is 12.1 Å². The van der Waals surface area contributed by atoms with Crippen molar-refractivity contribution in [1.29, 1.82) is 0 Å². The number of hydrogen-bond acceptors (Lipinski definition) is 6. The molecule has 3 unspecified atom stereocenters. The minimum atomic E-state index is -1.17. The van der Waals surface area contributed by atoms with E-state index >= 15 is 0 Å². The highest BCUT2D eigenvalue weighted by Gasteiger charge is 2.26. The smallest absolute Gasteiger partial charge is 0.325 e. The molecule has 2 amide bonds. The van der Waals surface area contributed by atoms with Crippen molar-refractivity contribution in [3.05, 3.63) is 29.8 Å². The van der Waals surface area contributed by atoms with Crippen molar-refractivity contribution in [2.75, 3.05) is 6.54 Å². The van der Waals surface area contributed by atoms with Gasteiger partial charge in [0, 0.05) is 0 Å². The molecular weight excluding hydrogens is 352 g/mol. The Labute approximate surface area is 158 Å². The number of unbranched alkanes of at least 4 members (excludes halogenated alkanes) is 1. The highest BCUT2D eigenvalue weighted by molar-refractivity contribution is 5.91. The third-order valence-corrected chi connectivity index (χ3v) is 4.04. The van der Waals surface area contributed by atoms with Gasteiger partial charge in [-0.1, -0.05) is 12.1 Å². The van der Waals surface area contributed by atoms with E-state index < -0.39 is 35.9 Å². The summed E-state index contributed by atoms with van der Waals surface area (Å²) in [5.41, 5.74) is 12.1. The Hall–Kier alpha value is -2.65. The number of aliphatic carboxylic acids is 1. The maximum Gasteiger partial charge on any atom is 0.325 e. The molecule has 0 aliphatic rings. The zero-order chi connectivity index (χ0) is 20.4. The molecule has 1 aromatic carbocycles. The lowest BCUT2D eigenvalue weighted by molar-refractivity contribution is -0.141. The number of carbonyl (C=O) groups excluding carboxylic acids is 2. The van der Waals surface area contributed by atoms with Crippen LogP contribution in [0, 0.1) is 0 Å². The van der Waals surface area contributed by atoms with E-state index in [9.17, 15) is 19.5 Å². The fourth-order valence-corrected chi connectivity index (χ4v) is 2.39. The van der Waals surface area contributed by atoms with E-state index in [0.717, 1.165) is 5.56 Å². The first-order valence-electron chi connectivity index (χ1n) is 8.81. The minimum Gasteiger partial charge on any atom is -0.508 e. The molecule has 9 nitrogen and oxygen atoms in total. The maximum absolute atomic E-state index is 12.4. The summed E-state index contributed by atoms with van der Waals surface area (Å²) in [5.74, 6) is -2.15. The van der Waals surface area contributed by atoms with Crippen LogP contribution in [-0.4, -0.2) is 52.7 Å². The predicted molar refractivity (Wildman–Crippen MR) is 99.9 cm³/mol. The summed E-state index contributed by atoms with van der Waals surface area (Å²) in [4.78, 5) is 35.6. The summed E-state index contributed by atoms with van der Waals surface area (Å²) < 4.78 is 0. The van der Waals surface area contributed by atoms with E-state index in [2.05, 4.69) is 10.6 Å². The van der Waals surface area contributed by atoms with Crippen LogP contribution in [-0.2, 0) is 20.8 Å². The lowest BCUT2D eigenvalue weighted by atomic mass is 10.0. The molecular formula is C18H28N4O5. The van der Waals surface area contributed by atoms with Crippen molar-refractivity contribution in [2.45, 2.75) is 50.7 Å². The fourth-order valence-electron chi connectivity index (χ4n) is 2.39. The van der Waals surface area contributed by atoms with Crippen molar-refractivity contribution in [1.82, 2.24) is 10.6 Å². The van der Waals surface area contributed by atoms with Crippen LogP contribution in [0.5, 0.6) is 5.75 Å². The van der Waals surface area contributed by atoms with Gasteiger partial charge in [-0.2, -0.15) is 0 Å². The summed E-state index contributed by atoms with van der Waals surface area (Å²) in [7, 11) is 0. The van der Waals surface area contributed by atoms with Gasteiger partial charge in [0.25, 0.3) is 0 Å². The van der Waals surface area contributed by atoms with Gasteiger partial charge in [0.05, 0.1) is 6.04 Å². The number of carbonyl (C=O) groups is 3. The highest BCUT2D eigenvalue weighted by atomic mass is 16.4. The zero-order valence-electron chi connectivity index (χ0n) is 15.4. The highest BCUT2D eigenvalue weighted by Crippen LogP contribution is 2.11. The van der Waals surface area contributed by atoms with Gasteiger partial charge in [-0.25, -0.2) is 0 Å². The van der Waals surface area contributed by atoms with E-state index in [4.69, 9.17) is 16.6 Å². The number of benzene rings is 1. The molecule has 0 aliphatic carbocycles. The molecule has 27 heavy (non-hydrogen) atoms. The van der Waals surface area contributed by atoms with Gasteiger partial charge >= 0.3 is 5.97 Å². The van der Waals surface area contributed by atoms with Gasteiger partial charge < -0.3 is 32.3 Å². The molecule has 0 heterocycles. The predicted octanol–water partition coefficient (Wildman–Crippen LogP) is -0.535. The third-order valence-electron chi connectivity index (χ3n) is 4.04. The quantitative estimate of drug-likeness (QED) is 0.280. The Balaban J connectivity index is 2.70. The second-order valence-corrected chi connectivity index (χ2v) is 6.39. The number of nitrogens with two attached hydrogens (primary N) is 2. The Morgan fingerprint density at radius 2 is 1.70 bits per heavy atom. The first-order valence-corrected chi connectivity index (χ1v) is 8.81. The summed E-state index contributed by atoms with van der Waals surface area (Å²) in [6, 6.07) is 3.45. The molecule has 9 heteroatoms. The molecule has 1 aromatic rings. The summed E-state index contributed by atoms with van der Waals surface area (Å²) in [6.45, 7) is 1.80. The van der Waals surface area contributed by atoms with Crippen LogP contribution in [0.2, 0.25) is 0 Å². The molecule has 3 atom stereocenters. The Morgan fingerprint density at radius 3 is 2.26 bits per heavy atom. The van der Waals surface area contributed by atoms with Crippen LogP contribution in [0.1, 0.15) is 31.7 Å². The number of hydrogen-bond donors (Lipinski definition) is 6. The average molecular weight is 380 g/mol. The minimum absolute atomic E-state index is 0.112. The van der Waals surface area contributed by atoms with Gasteiger partial charge in [0.2, 0.25) is 11.8 Å². The van der Waals surface area contributed by atoms with Crippen LogP contribution in [0.25, 0.3) is 0 Å². The van der Waals surface area contributed by atoms with Gasteiger partial charge in [-0.15, -0.1) is 0 Å². The number of rotatable bonds is 11. The summed E-state index contributed by atoms with van der Waals surface area (Å²) in [6.07, 6.45) is 1.83. The van der Waals surface area contributed by atoms with Gasteiger partial charge in [-0.05, 0) is 56.8 Å². The van der Waals surface area contributed by atoms with Crippen molar-refractivity contribution < 1.29 is 24.6 Å². The van der Waals surface area contributed by atoms with E-state index in [0.29, 0.717) is 25.8 Å². The number of phenols is 1. The van der Waals surface area contributed by atoms with E-state index in [1.165, 1.54) is 19.1 Å². The lowest BCUT2D eigenvalue weighted by Gasteiger charge is -2.22. The molecule has 0 spiro atoms. The van der Waals surface area contributed by atoms with Crippen LogP contribution < -0.4 is 22.1 Å². The standard InChI is InChI=1S/C18H28N4O5/c1-11(18(26)27)21-17(25)15(4-2-3-9-19)22-16(24)14(20)10-12-5-7-13(23)8-6-12/h5-8,11,14-15,23H,2-4,9-10,19-20H2,1H3,(H,21,25)(H,22,24)(H,26,27). The largest absolute Gasteiger partial charge is 0.508 e. The summed E-state index contributed by atoms with van der Waals surface area (Å²) in [5, 5.41) is 23.2. The maximum atomic E-state index is 12.4. The van der Waals surface area contributed by atoms with Gasteiger partial charge in [0.15, 0.2) is 0 Å². The van der Waals surface area contributed by atoms with Crippen LogP contribution in [0.4, 0.5) is 0 Å². The van der Waals surface area contributed by atoms with Crippen LogP contribution in [0.15, 0.2) is 24.3 Å². The third kappa shape index (κ3) is 8.06. The molecule has 0 bridgehead atoms. The van der Waals surface area contributed by atoms with E-state index in [-0.39, 0.29) is 12.2 Å². The molecule has 8 N–H and O–H groups in total. The average Bonchev–Trinajstić information content (AvgIpc) is 2.62. The molecule has 0 saturated carbocycles. The van der Waals surface area contributed by atoms with E-state index in [1.807, 2.05) is 0 Å². The molecule has 150 valence electrons. The van der Waals surface area contributed by atoms with Crippen LogP contribution >= 0.6 is 0 Å². The monoisotopic (exact) mass is 380 g/mol. The first-order chi connectivity index (χ1) is 12.7.